The molecule has 0 saturated heterocycles. The van der Waals surface area contributed by atoms with Crippen LogP contribution in [0, 0.1) is 27.7 Å². The Balaban J connectivity index is 1.26. The van der Waals surface area contributed by atoms with Crippen LogP contribution in [0.5, 0.6) is 11.5 Å². The quantitative estimate of drug-likeness (QED) is 0.113. The first-order valence-electron chi connectivity index (χ1n) is 25.0. The molecule has 0 aliphatic heterocycles. The van der Waals surface area contributed by atoms with Crippen LogP contribution in [-0.4, -0.2) is 36.6 Å². The molecule has 4 heteroatoms. The van der Waals surface area contributed by atoms with Crippen LogP contribution < -0.4 is 9.47 Å². The summed E-state index contributed by atoms with van der Waals surface area (Å²) in [6, 6.07) is 72.7. The van der Waals surface area contributed by atoms with E-state index in [1.807, 2.05) is 0 Å². The molecule has 0 amide bonds. The van der Waals surface area contributed by atoms with Gasteiger partial charge in [-0.15, -0.1) is 0 Å². The number of rotatable bonds is 13. The third kappa shape index (κ3) is 8.37. The number of aliphatic hydroxyl groups is 2. The molecule has 0 spiro atoms. The van der Waals surface area contributed by atoms with Gasteiger partial charge in [0.25, 0.3) is 0 Å². The van der Waals surface area contributed by atoms with Crippen molar-refractivity contribution in [2.45, 2.75) is 40.0 Å². The molecule has 0 unspecified atom stereocenters. The molecule has 0 aromatic heterocycles. The number of benzene rings is 11. The Hall–Kier alpha value is -8.02. The van der Waals surface area contributed by atoms with Crippen molar-refractivity contribution < 1.29 is 19.7 Å². The van der Waals surface area contributed by atoms with Crippen LogP contribution in [0.25, 0.3) is 87.6 Å². The fraction of sp³-hybridized carbons (Fsp3) is 0.147. The molecular formula is C68H58O4. The van der Waals surface area contributed by atoms with Gasteiger partial charge in [-0.1, -0.05) is 152 Å². The van der Waals surface area contributed by atoms with E-state index in [1.54, 1.807) is 0 Å². The topological polar surface area (TPSA) is 58.9 Å². The first-order chi connectivity index (χ1) is 35.1. The second kappa shape index (κ2) is 19.3. The van der Waals surface area contributed by atoms with Gasteiger partial charge in [-0.25, -0.2) is 0 Å². The Kier molecular flexibility index (Phi) is 12.4. The lowest BCUT2D eigenvalue weighted by Crippen LogP contribution is -2.26. The van der Waals surface area contributed by atoms with Gasteiger partial charge in [0.2, 0.25) is 0 Å². The van der Waals surface area contributed by atoms with Gasteiger partial charge < -0.3 is 19.7 Å². The smallest absolute Gasteiger partial charge is 0.135 e. The highest BCUT2D eigenvalue weighted by molar-refractivity contribution is 5.97. The molecule has 0 atom stereocenters. The van der Waals surface area contributed by atoms with Crippen molar-refractivity contribution in [3.63, 3.8) is 0 Å². The zero-order valence-corrected chi connectivity index (χ0v) is 41.6. The summed E-state index contributed by atoms with van der Waals surface area (Å²) in [6.07, 6.45) is 0. The lowest BCUT2D eigenvalue weighted by atomic mass is 9.68. The minimum atomic E-state index is -0.791. The van der Waals surface area contributed by atoms with Crippen LogP contribution in [-0.2, 0) is 5.41 Å². The summed E-state index contributed by atoms with van der Waals surface area (Å²) in [5.41, 5.74) is 15.1. The highest BCUT2D eigenvalue weighted by Gasteiger charge is 2.35. The Morgan fingerprint density at radius 1 is 0.333 bits per heavy atom. The van der Waals surface area contributed by atoms with E-state index < -0.39 is 5.41 Å². The Labute approximate surface area is 422 Å². The van der Waals surface area contributed by atoms with Crippen molar-refractivity contribution in [1.29, 1.82) is 0 Å². The standard InChI is InChI=1S/C68H58O4/c1-43-13-9-17-47-35-51(23-27-58(43)47)62-39-56(40-63(66(62)71-33-31-69)52-24-28-59-44(2)14-10-18-48(59)36-52)68(5,55-21-7-6-8-22-55)57-41-64(53-25-29-60-45(3)15-11-19-49(60)37-53)67(72-34-32-70)65(42-57)54-26-30-61-46(4)16-12-20-50(61)38-54/h6-30,35-42,69-70H,31-34H2,1-5H3. The summed E-state index contributed by atoms with van der Waals surface area (Å²) in [6.45, 7) is 11.0. The number of hydrogen-bond donors (Lipinski definition) is 2. The molecule has 72 heavy (non-hydrogen) atoms. The molecule has 11 aromatic carbocycles. The van der Waals surface area contributed by atoms with E-state index in [2.05, 4.69) is 235 Å². The molecule has 0 bridgehead atoms. The molecule has 0 saturated carbocycles. The molecule has 2 N–H and O–H groups in total. The van der Waals surface area contributed by atoms with E-state index in [0.717, 1.165) is 82.7 Å². The van der Waals surface area contributed by atoms with E-state index in [0.29, 0.717) is 11.5 Å². The minimum Gasteiger partial charge on any atom is -0.490 e. The summed E-state index contributed by atoms with van der Waals surface area (Å²) in [7, 11) is 0. The van der Waals surface area contributed by atoms with E-state index in [1.165, 1.54) is 43.8 Å². The molecular weight excluding hydrogens is 881 g/mol. The second-order valence-electron chi connectivity index (χ2n) is 19.5. The summed E-state index contributed by atoms with van der Waals surface area (Å²) in [4.78, 5) is 0. The highest BCUT2D eigenvalue weighted by atomic mass is 16.5. The zero-order valence-electron chi connectivity index (χ0n) is 41.6. The van der Waals surface area contributed by atoms with Crippen molar-refractivity contribution in [2.24, 2.45) is 0 Å². The van der Waals surface area contributed by atoms with Crippen LogP contribution in [0.1, 0.15) is 45.9 Å². The molecule has 0 radical (unpaired) electrons. The van der Waals surface area contributed by atoms with Gasteiger partial charge in [0.1, 0.15) is 24.7 Å². The highest BCUT2D eigenvalue weighted by Crippen LogP contribution is 2.51. The number of hydrogen-bond acceptors (Lipinski definition) is 4. The third-order valence-corrected chi connectivity index (χ3v) is 15.0. The van der Waals surface area contributed by atoms with Crippen molar-refractivity contribution in [1.82, 2.24) is 0 Å². The van der Waals surface area contributed by atoms with Gasteiger partial charge in [0, 0.05) is 27.7 Å². The number of ether oxygens (including phenoxy) is 2. The van der Waals surface area contributed by atoms with E-state index >= 15 is 0 Å². The lowest BCUT2D eigenvalue weighted by Gasteiger charge is -2.35. The average molecular weight is 939 g/mol. The van der Waals surface area contributed by atoms with Crippen molar-refractivity contribution in [2.75, 3.05) is 26.4 Å². The van der Waals surface area contributed by atoms with Gasteiger partial charge >= 0.3 is 0 Å². The van der Waals surface area contributed by atoms with Crippen LogP contribution in [0.2, 0.25) is 0 Å². The largest absolute Gasteiger partial charge is 0.490 e. The Bertz CT molecular complexity index is 3410. The first kappa shape index (κ1) is 46.4. The van der Waals surface area contributed by atoms with E-state index in [9.17, 15) is 10.2 Å². The van der Waals surface area contributed by atoms with Crippen LogP contribution >= 0.6 is 0 Å². The number of aryl methyl sites for hydroxylation is 4. The third-order valence-electron chi connectivity index (χ3n) is 15.0. The van der Waals surface area contributed by atoms with Gasteiger partial charge in [0.05, 0.1) is 13.2 Å². The minimum absolute atomic E-state index is 0.130. The maximum atomic E-state index is 10.4. The summed E-state index contributed by atoms with van der Waals surface area (Å²) < 4.78 is 13.6. The molecule has 0 fully saturated rings. The zero-order chi connectivity index (χ0) is 49.5. The Morgan fingerprint density at radius 2 is 0.639 bits per heavy atom. The van der Waals surface area contributed by atoms with E-state index in [4.69, 9.17) is 9.47 Å². The number of aliphatic hydroxyl groups excluding tert-OH is 2. The second-order valence-corrected chi connectivity index (χ2v) is 19.5. The monoisotopic (exact) mass is 938 g/mol. The average Bonchev–Trinajstić information content (AvgIpc) is 3.41. The molecule has 4 nitrogen and oxygen atoms in total. The van der Waals surface area contributed by atoms with Gasteiger partial charge in [-0.3, -0.25) is 0 Å². The van der Waals surface area contributed by atoms with E-state index in [-0.39, 0.29) is 26.4 Å². The number of fused-ring (bicyclic) bond motifs is 4. The normalized spacial score (nSPS) is 11.8. The van der Waals surface area contributed by atoms with Crippen LogP contribution in [0.15, 0.2) is 200 Å². The molecule has 0 heterocycles. The van der Waals surface area contributed by atoms with Crippen molar-refractivity contribution >= 4 is 43.1 Å². The Morgan fingerprint density at radius 3 is 0.931 bits per heavy atom. The summed E-state index contributed by atoms with van der Waals surface area (Å²) >= 11 is 0. The maximum Gasteiger partial charge on any atom is 0.135 e. The lowest BCUT2D eigenvalue weighted by molar-refractivity contribution is 0.202. The van der Waals surface area contributed by atoms with Crippen LogP contribution in [0.3, 0.4) is 0 Å². The molecule has 0 aliphatic rings. The molecule has 11 aromatic rings. The van der Waals surface area contributed by atoms with Crippen LogP contribution in [0.4, 0.5) is 0 Å². The molecule has 11 rings (SSSR count). The predicted molar refractivity (Wildman–Crippen MR) is 301 cm³/mol. The van der Waals surface area contributed by atoms with Gasteiger partial charge in [0.15, 0.2) is 0 Å². The predicted octanol–water partition coefficient (Wildman–Crippen LogP) is 16.3. The first-order valence-corrected chi connectivity index (χ1v) is 25.0. The fourth-order valence-electron chi connectivity index (χ4n) is 11.0. The molecule has 0 aliphatic carbocycles. The molecule has 354 valence electrons. The summed E-state index contributed by atoms with van der Waals surface area (Å²) in [5.74, 6) is 1.43. The SMILES string of the molecule is Cc1cccc2cc(-c3cc(C(C)(c4ccccc4)c4cc(-c5ccc6c(C)cccc6c5)c(OCCO)c(-c5ccc6c(C)cccc6c5)c4)cc(-c4ccc5c(C)cccc5c4)c3OCCO)ccc12. The van der Waals surface area contributed by atoms with Crippen molar-refractivity contribution in [3.05, 3.63) is 239 Å². The summed E-state index contributed by atoms with van der Waals surface area (Å²) in [5, 5.41) is 30.1. The van der Waals surface area contributed by atoms with Crippen molar-refractivity contribution in [3.8, 4) is 56.0 Å². The maximum absolute atomic E-state index is 10.4. The fourth-order valence-corrected chi connectivity index (χ4v) is 11.0. The van der Waals surface area contributed by atoms with Gasteiger partial charge in [-0.05, 0) is 187 Å². The van der Waals surface area contributed by atoms with Gasteiger partial charge in [-0.2, -0.15) is 0 Å².